The minimum Gasteiger partial charge on any atom is -0.383 e. The maximum absolute atomic E-state index is 6.47. The zero-order valence-corrected chi connectivity index (χ0v) is 17.0. The second-order valence-corrected chi connectivity index (χ2v) is 8.36. The van der Waals surface area contributed by atoms with Crippen LogP contribution in [0, 0.1) is 5.92 Å². The molecule has 0 bridgehead atoms. The van der Waals surface area contributed by atoms with Gasteiger partial charge in [-0.1, -0.05) is 30.9 Å². The third-order valence-corrected chi connectivity index (χ3v) is 6.01. The number of ether oxygens (including phenoxy) is 1. The Labute approximate surface area is 172 Å². The highest BCUT2D eigenvalue weighted by molar-refractivity contribution is 6.33. The van der Waals surface area contributed by atoms with Crippen LogP contribution in [0.5, 0.6) is 0 Å². The maximum Gasteiger partial charge on any atom is 0.126 e. The Balaban J connectivity index is 1.45. The summed E-state index contributed by atoms with van der Waals surface area (Å²) in [5.41, 5.74) is 2.98. The first-order chi connectivity index (χ1) is 13.8. The van der Waals surface area contributed by atoms with Crippen LogP contribution in [0.25, 0.3) is 11.1 Å². The molecule has 0 radical (unpaired) electrons. The molecule has 1 saturated carbocycles. The first-order valence-electron chi connectivity index (χ1n) is 10.5. The number of aromatic nitrogens is 2. The number of nitrogens with zero attached hydrogens (tertiary/aromatic N) is 2. The number of nitrogens with one attached hydrogen (secondary N) is 2. The molecule has 0 amide bonds. The third kappa shape index (κ3) is 5.15. The molecular formula is C22H29ClN4O. The summed E-state index contributed by atoms with van der Waals surface area (Å²) < 4.78 is 5.57. The molecule has 2 fully saturated rings. The molecule has 5 nitrogen and oxygen atoms in total. The van der Waals surface area contributed by atoms with Gasteiger partial charge in [-0.15, -0.1) is 0 Å². The van der Waals surface area contributed by atoms with Crippen LogP contribution in [-0.4, -0.2) is 35.8 Å². The fourth-order valence-corrected chi connectivity index (χ4v) is 4.32. The maximum atomic E-state index is 6.47. The van der Waals surface area contributed by atoms with Crippen molar-refractivity contribution in [3.05, 3.63) is 35.7 Å². The average Bonchev–Trinajstić information content (AvgIpc) is 2.75. The van der Waals surface area contributed by atoms with Gasteiger partial charge < -0.3 is 15.4 Å². The Kier molecular flexibility index (Phi) is 6.65. The van der Waals surface area contributed by atoms with Crippen molar-refractivity contribution < 1.29 is 4.74 Å². The van der Waals surface area contributed by atoms with Gasteiger partial charge in [-0.25, -0.2) is 4.98 Å². The quantitative estimate of drug-likeness (QED) is 0.681. The van der Waals surface area contributed by atoms with Crippen molar-refractivity contribution in [3.63, 3.8) is 0 Å². The predicted molar refractivity (Wildman–Crippen MR) is 115 cm³/mol. The van der Waals surface area contributed by atoms with Gasteiger partial charge in [-0.05, 0) is 43.7 Å². The average molecular weight is 401 g/mol. The van der Waals surface area contributed by atoms with Crippen LogP contribution in [0.3, 0.4) is 0 Å². The minimum absolute atomic E-state index is 0.513. The molecule has 4 rings (SSSR count). The molecule has 0 spiro atoms. The summed E-state index contributed by atoms with van der Waals surface area (Å²) in [5.74, 6) is 1.46. The van der Waals surface area contributed by atoms with Gasteiger partial charge in [0.25, 0.3) is 0 Å². The molecule has 2 aromatic rings. The largest absolute Gasteiger partial charge is 0.383 e. The number of anilines is 2. The summed E-state index contributed by atoms with van der Waals surface area (Å²) in [6.07, 6.45) is 14.2. The van der Waals surface area contributed by atoms with Crippen LogP contribution in [-0.2, 0) is 4.74 Å². The van der Waals surface area contributed by atoms with E-state index in [1.165, 1.54) is 38.5 Å². The highest BCUT2D eigenvalue weighted by Crippen LogP contribution is 2.31. The second-order valence-electron chi connectivity index (χ2n) is 7.96. The summed E-state index contributed by atoms with van der Waals surface area (Å²) in [4.78, 5) is 8.90. The monoisotopic (exact) mass is 400 g/mol. The molecular weight excluding hydrogens is 372 g/mol. The van der Waals surface area contributed by atoms with Crippen molar-refractivity contribution >= 4 is 23.1 Å². The summed E-state index contributed by atoms with van der Waals surface area (Å²) >= 11 is 6.47. The molecule has 6 heteroatoms. The number of halogens is 1. The van der Waals surface area contributed by atoms with Crippen LogP contribution in [0.15, 0.2) is 30.7 Å². The molecule has 28 heavy (non-hydrogen) atoms. The molecule has 2 aliphatic rings. The molecule has 2 N–H and O–H groups in total. The van der Waals surface area contributed by atoms with E-state index in [4.69, 9.17) is 16.3 Å². The summed E-state index contributed by atoms with van der Waals surface area (Å²) in [5, 5.41) is 7.74. The Morgan fingerprint density at radius 3 is 2.75 bits per heavy atom. The number of pyridine rings is 2. The fourth-order valence-electron chi connectivity index (χ4n) is 4.11. The highest BCUT2D eigenvalue weighted by atomic mass is 35.5. The van der Waals surface area contributed by atoms with E-state index in [2.05, 4.69) is 26.7 Å². The lowest BCUT2D eigenvalue weighted by Crippen LogP contribution is -2.24. The van der Waals surface area contributed by atoms with Gasteiger partial charge in [0, 0.05) is 48.9 Å². The van der Waals surface area contributed by atoms with Crippen LogP contribution < -0.4 is 10.6 Å². The van der Waals surface area contributed by atoms with Gasteiger partial charge in [0.1, 0.15) is 5.82 Å². The molecule has 3 heterocycles. The van der Waals surface area contributed by atoms with Gasteiger partial charge >= 0.3 is 0 Å². The zero-order valence-electron chi connectivity index (χ0n) is 16.3. The van der Waals surface area contributed by atoms with Crippen molar-refractivity contribution in [3.8, 4) is 11.1 Å². The molecule has 1 unspecified atom stereocenters. The van der Waals surface area contributed by atoms with Crippen molar-refractivity contribution in [2.75, 3.05) is 30.4 Å². The highest BCUT2D eigenvalue weighted by Gasteiger charge is 2.16. The van der Waals surface area contributed by atoms with Gasteiger partial charge in [0.2, 0.25) is 0 Å². The molecule has 150 valence electrons. The molecule has 1 atom stereocenters. The third-order valence-electron chi connectivity index (χ3n) is 5.71. The normalized spacial score (nSPS) is 20.7. The van der Waals surface area contributed by atoms with E-state index in [9.17, 15) is 0 Å². The van der Waals surface area contributed by atoms with E-state index in [0.29, 0.717) is 17.0 Å². The van der Waals surface area contributed by atoms with E-state index in [1.54, 1.807) is 6.20 Å². The van der Waals surface area contributed by atoms with Gasteiger partial charge in [-0.3, -0.25) is 4.98 Å². The predicted octanol–water partition coefficient (Wildman–Crippen LogP) is 5.38. The van der Waals surface area contributed by atoms with Crippen LogP contribution in [0.1, 0.15) is 44.9 Å². The lowest BCUT2D eigenvalue weighted by molar-refractivity contribution is 0.0595. The lowest BCUT2D eigenvalue weighted by Gasteiger charge is -2.23. The van der Waals surface area contributed by atoms with E-state index >= 15 is 0 Å². The zero-order chi connectivity index (χ0) is 19.2. The van der Waals surface area contributed by atoms with Gasteiger partial charge in [0.15, 0.2) is 0 Å². The Morgan fingerprint density at radius 2 is 1.93 bits per heavy atom. The van der Waals surface area contributed by atoms with Crippen LogP contribution in [0.4, 0.5) is 11.5 Å². The smallest absolute Gasteiger partial charge is 0.126 e. The Morgan fingerprint density at radius 1 is 1.04 bits per heavy atom. The van der Waals surface area contributed by atoms with Crippen molar-refractivity contribution in [2.45, 2.75) is 51.0 Å². The van der Waals surface area contributed by atoms with Crippen molar-refractivity contribution in [1.82, 2.24) is 9.97 Å². The topological polar surface area (TPSA) is 59.1 Å². The Bertz CT molecular complexity index is 773. The van der Waals surface area contributed by atoms with Crippen molar-refractivity contribution in [1.29, 1.82) is 0 Å². The first kappa shape index (κ1) is 19.5. The van der Waals surface area contributed by atoms with E-state index in [1.807, 2.05) is 18.5 Å². The number of hydrogen-bond acceptors (Lipinski definition) is 5. The second kappa shape index (κ2) is 9.57. The van der Waals surface area contributed by atoms with E-state index < -0.39 is 0 Å². The fraction of sp³-hybridized carbons (Fsp3) is 0.545. The Hall–Kier alpha value is -1.85. The van der Waals surface area contributed by atoms with Gasteiger partial charge in [-0.2, -0.15) is 0 Å². The minimum atomic E-state index is 0.513. The molecule has 1 aliphatic carbocycles. The van der Waals surface area contributed by atoms with Crippen LogP contribution in [0.2, 0.25) is 5.02 Å². The summed E-state index contributed by atoms with van der Waals surface area (Å²) in [7, 11) is 0. The SMILES string of the molecule is Clc1cnc(NC2CCCCC2)cc1-c1cncc(NCC2CCCOC2)c1. The molecule has 0 aromatic carbocycles. The van der Waals surface area contributed by atoms with Crippen molar-refractivity contribution in [2.24, 2.45) is 5.92 Å². The number of hydrogen-bond donors (Lipinski definition) is 2. The van der Waals surface area contributed by atoms with E-state index in [0.717, 1.165) is 48.8 Å². The summed E-state index contributed by atoms with van der Waals surface area (Å²) in [6.45, 7) is 2.64. The van der Waals surface area contributed by atoms with E-state index in [-0.39, 0.29) is 0 Å². The molecule has 1 saturated heterocycles. The molecule has 2 aromatic heterocycles. The molecule has 1 aliphatic heterocycles. The lowest BCUT2D eigenvalue weighted by atomic mass is 9.95. The number of rotatable bonds is 6. The standard InChI is InChI=1S/C22H29ClN4O/c23-21-14-26-22(27-18-6-2-1-3-7-18)10-20(21)17-9-19(13-24-12-17)25-11-16-5-4-8-28-15-16/h9-10,12-14,16,18,25H,1-8,11,15H2,(H,26,27). The summed E-state index contributed by atoms with van der Waals surface area (Å²) in [6, 6.07) is 4.67. The first-order valence-corrected chi connectivity index (χ1v) is 10.8. The van der Waals surface area contributed by atoms with Gasteiger partial charge in [0.05, 0.1) is 17.3 Å². The van der Waals surface area contributed by atoms with Crippen LogP contribution >= 0.6 is 11.6 Å².